The van der Waals surface area contributed by atoms with Gasteiger partial charge in [-0.25, -0.2) is 0 Å². The number of rotatable bonds is 8. The van der Waals surface area contributed by atoms with E-state index in [-0.39, 0.29) is 17.2 Å². The quantitative estimate of drug-likeness (QED) is 0.313. The van der Waals surface area contributed by atoms with Gasteiger partial charge in [0.05, 0.1) is 23.2 Å². The van der Waals surface area contributed by atoms with Crippen molar-refractivity contribution in [2.75, 3.05) is 51.3 Å². The number of ether oxygens (including phenoxy) is 1. The summed E-state index contributed by atoms with van der Waals surface area (Å²) in [4.78, 5) is 31.2. The molecule has 1 fully saturated rings. The number of carbonyl (C=O) groups is 1. The molecule has 4 aromatic rings. The van der Waals surface area contributed by atoms with Gasteiger partial charge in [-0.05, 0) is 55.4 Å². The van der Waals surface area contributed by atoms with Crippen molar-refractivity contribution in [3.8, 4) is 11.4 Å². The van der Waals surface area contributed by atoms with Crippen LogP contribution in [-0.2, 0) is 0 Å². The average molecular weight is 566 g/mol. The van der Waals surface area contributed by atoms with E-state index in [0.29, 0.717) is 33.8 Å². The van der Waals surface area contributed by atoms with Crippen molar-refractivity contribution in [1.82, 2.24) is 20.0 Å². The van der Waals surface area contributed by atoms with Crippen molar-refractivity contribution in [1.29, 1.82) is 0 Å². The van der Waals surface area contributed by atoms with E-state index in [4.69, 9.17) is 27.9 Å². The van der Waals surface area contributed by atoms with Crippen molar-refractivity contribution in [2.45, 2.75) is 6.42 Å². The number of carbonyl (C=O) groups excluding carboxylic acids is 1. The number of nitrogens with one attached hydrogen (secondary N) is 1. The SMILES string of the molecule is COc1ccc(-n2nc(C(=O)NCCCN3CCN(c4cccc(Cl)c4)CC3)c3ccccc3c2=O)cc1Cl. The molecule has 0 atom stereocenters. The maximum absolute atomic E-state index is 13.2. The van der Waals surface area contributed by atoms with E-state index in [1.54, 1.807) is 42.5 Å². The van der Waals surface area contributed by atoms with Crippen molar-refractivity contribution < 1.29 is 9.53 Å². The maximum Gasteiger partial charge on any atom is 0.279 e. The number of hydrogen-bond donors (Lipinski definition) is 1. The summed E-state index contributed by atoms with van der Waals surface area (Å²) < 4.78 is 6.42. The molecule has 3 aromatic carbocycles. The standard InChI is InChI=1S/C29H29Cl2N5O3/c1-39-26-11-10-22(19-25(26)31)36-29(38)24-9-3-2-8-23(24)27(33-36)28(37)32-12-5-13-34-14-16-35(17-15-34)21-7-4-6-20(30)18-21/h2-4,6-11,18-19H,5,12-17H2,1H3,(H,32,37). The molecule has 0 radical (unpaired) electrons. The molecule has 5 rings (SSSR count). The van der Waals surface area contributed by atoms with Gasteiger partial charge in [0.15, 0.2) is 5.69 Å². The first-order valence-electron chi connectivity index (χ1n) is 12.8. The third-order valence-electron chi connectivity index (χ3n) is 6.88. The minimum absolute atomic E-state index is 0.187. The van der Waals surface area contributed by atoms with Crippen LogP contribution in [0.4, 0.5) is 5.69 Å². The fourth-order valence-corrected chi connectivity index (χ4v) is 5.25. The number of nitrogens with zero attached hydrogens (tertiary/aromatic N) is 4. The molecule has 1 amide bonds. The highest BCUT2D eigenvalue weighted by atomic mass is 35.5. The molecule has 0 bridgehead atoms. The first-order chi connectivity index (χ1) is 18.9. The number of halogens is 2. The normalized spacial score (nSPS) is 14.0. The van der Waals surface area contributed by atoms with E-state index in [0.717, 1.165) is 49.9 Å². The van der Waals surface area contributed by atoms with Crippen molar-refractivity contribution in [3.63, 3.8) is 0 Å². The fourth-order valence-electron chi connectivity index (χ4n) is 4.81. The molecule has 0 spiro atoms. The second kappa shape index (κ2) is 12.1. The van der Waals surface area contributed by atoms with Gasteiger partial charge in [-0.15, -0.1) is 0 Å². The van der Waals surface area contributed by atoms with Crippen LogP contribution >= 0.6 is 23.2 Å². The lowest BCUT2D eigenvalue weighted by Gasteiger charge is -2.36. The Hall–Kier alpha value is -3.59. The van der Waals surface area contributed by atoms with Crippen LogP contribution in [0.2, 0.25) is 10.0 Å². The van der Waals surface area contributed by atoms with E-state index < -0.39 is 0 Å². The topological polar surface area (TPSA) is 79.7 Å². The second-order valence-electron chi connectivity index (χ2n) is 9.35. The Morgan fingerprint density at radius 2 is 1.72 bits per heavy atom. The number of methoxy groups -OCH3 is 1. The summed E-state index contributed by atoms with van der Waals surface area (Å²) in [5.74, 6) is 0.156. The largest absolute Gasteiger partial charge is 0.495 e. The predicted octanol–water partition coefficient (Wildman–Crippen LogP) is 4.64. The Morgan fingerprint density at radius 1 is 0.949 bits per heavy atom. The summed E-state index contributed by atoms with van der Waals surface area (Å²) in [6.45, 7) is 5.13. The molecular weight excluding hydrogens is 537 g/mol. The zero-order chi connectivity index (χ0) is 27.4. The highest BCUT2D eigenvalue weighted by Crippen LogP contribution is 2.26. The number of aromatic nitrogens is 2. The van der Waals surface area contributed by atoms with Crippen LogP contribution in [0.25, 0.3) is 16.5 Å². The lowest BCUT2D eigenvalue weighted by molar-refractivity contribution is 0.0946. The van der Waals surface area contributed by atoms with Gasteiger partial charge < -0.3 is 15.0 Å². The van der Waals surface area contributed by atoms with Gasteiger partial charge >= 0.3 is 0 Å². The fraction of sp³-hybridized carbons (Fsp3) is 0.276. The summed E-state index contributed by atoms with van der Waals surface area (Å²) in [5.41, 5.74) is 1.45. The highest BCUT2D eigenvalue weighted by molar-refractivity contribution is 6.32. The van der Waals surface area contributed by atoms with Crippen LogP contribution in [0, 0.1) is 0 Å². The Labute approximate surface area is 236 Å². The number of anilines is 1. The van der Waals surface area contributed by atoms with Crippen molar-refractivity contribution in [3.05, 3.63) is 92.8 Å². The number of amides is 1. The second-order valence-corrected chi connectivity index (χ2v) is 10.2. The first kappa shape index (κ1) is 27.0. The molecule has 1 saturated heterocycles. The van der Waals surface area contributed by atoms with Crippen LogP contribution in [0.5, 0.6) is 5.75 Å². The van der Waals surface area contributed by atoms with Crippen LogP contribution in [0.15, 0.2) is 71.5 Å². The minimum Gasteiger partial charge on any atom is -0.495 e. The number of piperazine rings is 1. The Morgan fingerprint density at radius 3 is 2.44 bits per heavy atom. The maximum atomic E-state index is 13.2. The van der Waals surface area contributed by atoms with Crippen molar-refractivity contribution in [2.24, 2.45) is 0 Å². The summed E-state index contributed by atoms with van der Waals surface area (Å²) in [6.07, 6.45) is 0.800. The van der Waals surface area contributed by atoms with E-state index in [1.165, 1.54) is 11.8 Å². The molecule has 1 aliphatic rings. The molecule has 1 N–H and O–H groups in total. The molecule has 202 valence electrons. The number of hydrogen-bond acceptors (Lipinski definition) is 6. The predicted molar refractivity (Wildman–Crippen MR) is 156 cm³/mol. The minimum atomic E-state index is -0.333. The van der Waals surface area contributed by atoms with Gasteiger partial charge in [-0.3, -0.25) is 14.5 Å². The lowest BCUT2D eigenvalue weighted by Crippen LogP contribution is -2.47. The molecule has 1 aliphatic heterocycles. The molecule has 0 saturated carbocycles. The zero-order valence-electron chi connectivity index (χ0n) is 21.6. The van der Waals surface area contributed by atoms with Crippen LogP contribution in [0.3, 0.4) is 0 Å². The molecule has 0 aliphatic carbocycles. The summed E-state index contributed by atoms with van der Waals surface area (Å²) in [7, 11) is 1.52. The van der Waals surface area contributed by atoms with Crippen LogP contribution in [-0.4, -0.2) is 67.0 Å². The van der Waals surface area contributed by atoms with Gasteiger partial charge in [-0.1, -0.05) is 47.5 Å². The molecule has 2 heterocycles. The third-order valence-corrected chi connectivity index (χ3v) is 7.41. The van der Waals surface area contributed by atoms with Gasteiger partial charge in [0.2, 0.25) is 0 Å². The molecule has 10 heteroatoms. The smallest absolute Gasteiger partial charge is 0.279 e. The summed E-state index contributed by atoms with van der Waals surface area (Å²) in [5, 5.41) is 9.43. The number of benzene rings is 3. The Kier molecular flexibility index (Phi) is 8.35. The highest BCUT2D eigenvalue weighted by Gasteiger charge is 2.19. The Bertz CT molecular complexity index is 1550. The molecule has 1 aromatic heterocycles. The Balaban J connectivity index is 1.23. The molecular formula is C29H29Cl2N5O3. The molecule has 8 nitrogen and oxygen atoms in total. The molecule has 39 heavy (non-hydrogen) atoms. The first-order valence-corrected chi connectivity index (χ1v) is 13.6. The van der Waals surface area contributed by atoms with Gasteiger partial charge in [0, 0.05) is 48.8 Å². The van der Waals surface area contributed by atoms with E-state index >= 15 is 0 Å². The van der Waals surface area contributed by atoms with Gasteiger partial charge in [-0.2, -0.15) is 9.78 Å². The lowest BCUT2D eigenvalue weighted by atomic mass is 10.1. The van der Waals surface area contributed by atoms with Gasteiger partial charge in [0.1, 0.15) is 5.75 Å². The van der Waals surface area contributed by atoms with Gasteiger partial charge in [0.25, 0.3) is 11.5 Å². The summed E-state index contributed by atoms with van der Waals surface area (Å²) in [6, 6.07) is 19.9. The summed E-state index contributed by atoms with van der Waals surface area (Å²) >= 11 is 12.4. The average Bonchev–Trinajstić information content (AvgIpc) is 2.96. The number of fused-ring (bicyclic) bond motifs is 1. The van der Waals surface area contributed by atoms with Crippen LogP contribution in [0.1, 0.15) is 16.9 Å². The van der Waals surface area contributed by atoms with Crippen LogP contribution < -0.4 is 20.5 Å². The van der Waals surface area contributed by atoms with E-state index in [1.807, 2.05) is 18.2 Å². The molecule has 0 unspecified atom stereocenters. The third kappa shape index (κ3) is 6.03. The van der Waals surface area contributed by atoms with E-state index in [9.17, 15) is 9.59 Å². The zero-order valence-corrected chi connectivity index (χ0v) is 23.1. The van der Waals surface area contributed by atoms with Crippen molar-refractivity contribution >= 4 is 45.6 Å². The monoisotopic (exact) mass is 565 g/mol. The van der Waals surface area contributed by atoms with E-state index in [2.05, 4.69) is 26.3 Å².